The summed E-state index contributed by atoms with van der Waals surface area (Å²) in [6, 6.07) is 1.18. The Bertz CT molecular complexity index is 320. The Kier molecular flexibility index (Phi) is 3.07. The lowest BCUT2D eigenvalue weighted by molar-refractivity contribution is 0.134. The van der Waals surface area contributed by atoms with Gasteiger partial charge in [0, 0.05) is 44.6 Å². The van der Waals surface area contributed by atoms with Crippen molar-refractivity contribution >= 4 is 0 Å². The molecule has 15 heavy (non-hydrogen) atoms. The molecule has 84 valence electrons. The number of aryl methyl sites for hydroxylation is 1. The Hall–Kier alpha value is -0.870. The zero-order chi connectivity index (χ0) is 10.8. The molecule has 1 N–H and O–H groups in total. The normalized spacial score (nSPS) is 28.2. The van der Waals surface area contributed by atoms with Gasteiger partial charge in [-0.2, -0.15) is 0 Å². The fourth-order valence-corrected chi connectivity index (χ4v) is 2.05. The van der Waals surface area contributed by atoms with Gasteiger partial charge in [0.15, 0.2) is 0 Å². The van der Waals surface area contributed by atoms with E-state index in [1.54, 1.807) is 0 Å². The van der Waals surface area contributed by atoms with E-state index in [1.165, 1.54) is 0 Å². The van der Waals surface area contributed by atoms with E-state index in [-0.39, 0.29) is 0 Å². The van der Waals surface area contributed by atoms with E-state index in [0.29, 0.717) is 12.1 Å². The second-order valence-corrected chi connectivity index (χ2v) is 4.54. The van der Waals surface area contributed by atoms with E-state index < -0.39 is 0 Å². The number of nitrogens with zero attached hydrogens (tertiary/aromatic N) is 3. The summed E-state index contributed by atoms with van der Waals surface area (Å²) in [5.41, 5.74) is 0. The third kappa shape index (κ3) is 2.38. The summed E-state index contributed by atoms with van der Waals surface area (Å²) in [5, 5.41) is 3.49. The van der Waals surface area contributed by atoms with E-state index in [1.807, 2.05) is 12.4 Å². The van der Waals surface area contributed by atoms with Crippen molar-refractivity contribution in [1.82, 2.24) is 19.8 Å². The molecular weight excluding hydrogens is 188 g/mol. The van der Waals surface area contributed by atoms with Crippen molar-refractivity contribution in [1.29, 1.82) is 0 Å². The number of imidazole rings is 1. The first-order valence-corrected chi connectivity index (χ1v) is 5.60. The van der Waals surface area contributed by atoms with Gasteiger partial charge in [0.1, 0.15) is 5.82 Å². The Balaban J connectivity index is 2.01. The van der Waals surface area contributed by atoms with Crippen molar-refractivity contribution in [3.05, 3.63) is 18.2 Å². The van der Waals surface area contributed by atoms with E-state index in [0.717, 1.165) is 25.5 Å². The number of piperazine rings is 1. The van der Waals surface area contributed by atoms with Gasteiger partial charge in [-0.25, -0.2) is 4.98 Å². The first-order chi connectivity index (χ1) is 7.16. The highest BCUT2D eigenvalue weighted by molar-refractivity contribution is 4.93. The summed E-state index contributed by atoms with van der Waals surface area (Å²) in [5.74, 6) is 1.15. The summed E-state index contributed by atoms with van der Waals surface area (Å²) >= 11 is 0. The van der Waals surface area contributed by atoms with Gasteiger partial charge < -0.3 is 9.88 Å². The zero-order valence-corrected chi connectivity index (χ0v) is 9.77. The van der Waals surface area contributed by atoms with Crippen LogP contribution in [0.3, 0.4) is 0 Å². The molecule has 2 atom stereocenters. The maximum Gasteiger partial charge on any atom is 0.122 e. The molecule has 1 aliphatic heterocycles. The average molecular weight is 208 g/mol. The lowest BCUT2D eigenvalue weighted by atomic mass is 10.1. The van der Waals surface area contributed by atoms with Crippen molar-refractivity contribution in [3.63, 3.8) is 0 Å². The SMILES string of the molecule is CC1CN(Cc2nccn2C)C(C)CN1. The van der Waals surface area contributed by atoms with E-state index in [2.05, 4.69) is 40.7 Å². The predicted molar refractivity (Wildman–Crippen MR) is 60.5 cm³/mol. The highest BCUT2D eigenvalue weighted by Crippen LogP contribution is 2.10. The van der Waals surface area contributed by atoms with Gasteiger partial charge in [-0.05, 0) is 13.8 Å². The van der Waals surface area contributed by atoms with Gasteiger partial charge >= 0.3 is 0 Å². The van der Waals surface area contributed by atoms with Crippen LogP contribution >= 0.6 is 0 Å². The second kappa shape index (κ2) is 4.33. The van der Waals surface area contributed by atoms with Crippen molar-refractivity contribution < 1.29 is 0 Å². The Labute approximate surface area is 91.3 Å². The largest absolute Gasteiger partial charge is 0.337 e. The minimum absolute atomic E-state index is 0.585. The molecule has 0 radical (unpaired) electrons. The van der Waals surface area contributed by atoms with E-state index >= 15 is 0 Å². The molecule has 0 spiro atoms. The quantitative estimate of drug-likeness (QED) is 0.772. The summed E-state index contributed by atoms with van der Waals surface area (Å²) in [6.45, 7) is 7.63. The first-order valence-electron chi connectivity index (χ1n) is 5.60. The summed E-state index contributed by atoms with van der Waals surface area (Å²) < 4.78 is 2.10. The lowest BCUT2D eigenvalue weighted by Crippen LogP contribution is -2.53. The molecule has 0 saturated carbocycles. The molecule has 0 bridgehead atoms. The molecule has 0 amide bonds. The molecule has 1 saturated heterocycles. The molecule has 1 aromatic rings. The summed E-state index contributed by atoms with van der Waals surface area (Å²) in [7, 11) is 2.05. The standard InChI is InChI=1S/C11H20N4/c1-9-7-15(10(2)6-13-9)8-11-12-4-5-14(11)3/h4-5,9-10,13H,6-8H2,1-3H3. The van der Waals surface area contributed by atoms with Gasteiger partial charge in [0.05, 0.1) is 6.54 Å². The Morgan fingerprint density at radius 3 is 3.00 bits per heavy atom. The van der Waals surface area contributed by atoms with Crippen LogP contribution in [0.15, 0.2) is 12.4 Å². The molecule has 2 unspecified atom stereocenters. The van der Waals surface area contributed by atoms with Crippen LogP contribution in [-0.2, 0) is 13.6 Å². The molecule has 1 aromatic heterocycles. The molecule has 0 aromatic carbocycles. The fourth-order valence-electron chi connectivity index (χ4n) is 2.05. The van der Waals surface area contributed by atoms with Crippen molar-refractivity contribution in [3.8, 4) is 0 Å². The van der Waals surface area contributed by atoms with Crippen molar-refractivity contribution in [2.45, 2.75) is 32.5 Å². The van der Waals surface area contributed by atoms with Crippen LogP contribution in [0.1, 0.15) is 19.7 Å². The minimum atomic E-state index is 0.585. The topological polar surface area (TPSA) is 33.1 Å². The van der Waals surface area contributed by atoms with Crippen LogP contribution in [0.4, 0.5) is 0 Å². The lowest BCUT2D eigenvalue weighted by Gasteiger charge is -2.37. The fraction of sp³-hybridized carbons (Fsp3) is 0.727. The van der Waals surface area contributed by atoms with Crippen molar-refractivity contribution in [2.75, 3.05) is 13.1 Å². The number of rotatable bonds is 2. The second-order valence-electron chi connectivity index (χ2n) is 4.54. The van der Waals surface area contributed by atoms with Gasteiger partial charge in [0.2, 0.25) is 0 Å². The van der Waals surface area contributed by atoms with Crippen LogP contribution in [0.2, 0.25) is 0 Å². The predicted octanol–water partition coefficient (Wildman–Crippen LogP) is 0.602. The third-order valence-corrected chi connectivity index (χ3v) is 3.16. The molecule has 4 heteroatoms. The van der Waals surface area contributed by atoms with Gasteiger partial charge in [0.25, 0.3) is 0 Å². The maximum absolute atomic E-state index is 4.37. The first kappa shape index (κ1) is 10.6. The van der Waals surface area contributed by atoms with Crippen LogP contribution in [0.5, 0.6) is 0 Å². The van der Waals surface area contributed by atoms with Gasteiger partial charge in [-0.3, -0.25) is 4.90 Å². The van der Waals surface area contributed by atoms with Crippen molar-refractivity contribution in [2.24, 2.45) is 7.05 Å². The van der Waals surface area contributed by atoms with E-state index in [4.69, 9.17) is 0 Å². The highest BCUT2D eigenvalue weighted by atomic mass is 15.2. The molecule has 2 rings (SSSR count). The molecular formula is C11H20N4. The van der Waals surface area contributed by atoms with Crippen LogP contribution < -0.4 is 5.32 Å². The number of hydrogen-bond donors (Lipinski definition) is 1. The molecule has 0 aliphatic carbocycles. The van der Waals surface area contributed by atoms with Crippen LogP contribution in [0.25, 0.3) is 0 Å². The Morgan fingerprint density at radius 2 is 2.33 bits per heavy atom. The summed E-state index contributed by atoms with van der Waals surface area (Å²) in [4.78, 5) is 6.86. The maximum atomic E-state index is 4.37. The van der Waals surface area contributed by atoms with Gasteiger partial charge in [-0.15, -0.1) is 0 Å². The minimum Gasteiger partial charge on any atom is -0.337 e. The molecule has 1 fully saturated rings. The third-order valence-electron chi connectivity index (χ3n) is 3.16. The van der Waals surface area contributed by atoms with Gasteiger partial charge in [-0.1, -0.05) is 0 Å². The Morgan fingerprint density at radius 1 is 1.53 bits per heavy atom. The number of nitrogens with one attached hydrogen (secondary N) is 1. The number of hydrogen-bond acceptors (Lipinski definition) is 3. The number of aromatic nitrogens is 2. The summed E-state index contributed by atoms with van der Waals surface area (Å²) in [6.07, 6.45) is 3.87. The van der Waals surface area contributed by atoms with Crippen LogP contribution in [0, 0.1) is 0 Å². The average Bonchev–Trinajstić information content (AvgIpc) is 2.58. The molecule has 2 heterocycles. The molecule has 4 nitrogen and oxygen atoms in total. The van der Waals surface area contributed by atoms with E-state index in [9.17, 15) is 0 Å². The molecule has 1 aliphatic rings. The monoisotopic (exact) mass is 208 g/mol. The van der Waals surface area contributed by atoms with Crippen LogP contribution in [-0.4, -0.2) is 39.6 Å². The highest BCUT2D eigenvalue weighted by Gasteiger charge is 2.22. The zero-order valence-electron chi connectivity index (χ0n) is 9.77. The smallest absolute Gasteiger partial charge is 0.122 e.